The van der Waals surface area contributed by atoms with Crippen LogP contribution in [0, 0.1) is 0 Å². The standard InChI is InChI=1S/3ClH.3Cu.4H2S.W/h3*1H;;;;4*1H2;/q;;;3*+1;;;;;/p-7. The van der Waals surface area contributed by atoms with Crippen molar-refractivity contribution in [2.24, 2.45) is 0 Å². The maximum atomic E-state index is 4.20. The van der Waals surface area contributed by atoms with Crippen LogP contribution in [0.3, 0.4) is 0 Å². The molecule has 0 amide bonds. The van der Waals surface area contributed by atoms with E-state index in [0.717, 1.165) is 0 Å². The summed E-state index contributed by atoms with van der Waals surface area (Å²) >= 11 is 11.0. The first kappa shape index (κ1) is 57.9. The van der Waals surface area contributed by atoms with E-state index in [2.05, 4.69) is 75.6 Å². The summed E-state index contributed by atoms with van der Waals surface area (Å²) in [6.45, 7) is 0. The van der Waals surface area contributed by atoms with Crippen molar-refractivity contribution < 1.29 is 66.4 Å². The van der Waals surface area contributed by atoms with Crippen LogP contribution >= 0.6 is 30.3 Å². The second-order valence-corrected chi connectivity index (χ2v) is 0. The summed E-state index contributed by atoms with van der Waals surface area (Å²) < 4.78 is 0. The van der Waals surface area contributed by atoms with Crippen LogP contribution in [-0.2, 0) is 120 Å². The third-order valence-electron chi connectivity index (χ3n) is 0. The molecule has 0 aromatic rings. The number of halogens is 3. The fraction of sp³-hybridized carbons (Fsp3) is 0. The number of thiol groups is 4. The van der Waals surface area contributed by atoms with Crippen LogP contribution in [0.1, 0.15) is 0 Å². The quantitative estimate of drug-likeness (QED) is 0.227. The molecule has 0 aliphatic rings. The minimum absolute atomic E-state index is 0. The van der Waals surface area contributed by atoms with E-state index in [4.69, 9.17) is 0 Å². The van der Waals surface area contributed by atoms with Gasteiger partial charge >= 0.3 is 75.6 Å². The Bertz CT molecular complexity index is 20.5. The molecule has 92 valence electrons. The van der Waals surface area contributed by atoms with E-state index in [-0.39, 0.29) is 75.0 Å². The third-order valence-corrected chi connectivity index (χ3v) is 0. The molecule has 0 rings (SSSR count). The van der Waals surface area contributed by atoms with Gasteiger partial charge in [0.25, 0.3) is 0 Å². The molecule has 0 aromatic heterocycles. The van der Waals surface area contributed by atoms with Crippen molar-refractivity contribution in [2.75, 3.05) is 0 Å². The number of hydrogen-bond donors (Lipinski definition) is 0. The van der Waals surface area contributed by atoms with Crippen LogP contribution in [0.4, 0.5) is 0 Å². The molecule has 0 saturated heterocycles. The van der Waals surface area contributed by atoms with Crippen molar-refractivity contribution in [3.8, 4) is 0 Å². The average molecular weight is 613 g/mol. The van der Waals surface area contributed by atoms with Crippen LogP contribution in [0.15, 0.2) is 0 Å². The Labute approximate surface area is 148 Å². The number of hydrogen-bond acceptors (Lipinski definition) is 4. The molecular weight excluding hydrogens is 609 g/mol. The smallest absolute Gasteiger partial charge is 0 e. The summed E-state index contributed by atoms with van der Waals surface area (Å²) in [5.41, 5.74) is 0. The van der Waals surface area contributed by atoms with Crippen molar-refractivity contribution in [3.05, 3.63) is 0 Å². The zero-order valence-corrected chi connectivity index (χ0v) is 15.8. The largest absolute Gasteiger partial charge is 0.813 e. The van der Waals surface area contributed by atoms with E-state index in [1.54, 1.807) is 0 Å². The normalized spacial score (nSPS) is 1.91. The Morgan fingerprint density at radius 3 is 0.455 bits per heavy atom. The Morgan fingerprint density at radius 1 is 0.455 bits per heavy atom. The number of rotatable bonds is 0. The van der Waals surface area contributed by atoms with E-state index in [1.165, 1.54) is 0 Å². The fourth-order valence-electron chi connectivity index (χ4n) is 0. The van der Waals surface area contributed by atoms with Gasteiger partial charge in [-0.15, -0.1) is 0 Å². The van der Waals surface area contributed by atoms with E-state index in [9.17, 15) is 0 Å². The molecule has 0 spiro atoms. The second-order valence-electron chi connectivity index (χ2n) is 0. The molecule has 11 heteroatoms. The summed E-state index contributed by atoms with van der Waals surface area (Å²) in [7, 11) is 12.6. The van der Waals surface area contributed by atoms with Crippen LogP contribution in [0.2, 0.25) is 0 Å². The second kappa shape index (κ2) is 130. The first-order chi connectivity index (χ1) is 3.00. The summed E-state index contributed by atoms with van der Waals surface area (Å²) in [5.74, 6) is 0. The van der Waals surface area contributed by atoms with Crippen LogP contribution in [-0.4, -0.2) is 0 Å². The first-order valence-electron chi connectivity index (χ1n) is 0.342. The SMILES string of the molecule is [Cl][Cu].[Cl][Cu].[Cl][Cu].[SH-].[SH-].[SH-].[SH-].[W]. The molecule has 0 radical (unpaired) electrons. The van der Waals surface area contributed by atoms with E-state index in [0.29, 0.717) is 0 Å². The zero-order valence-electron chi connectivity index (χ0n) is 4.24. The molecule has 0 aliphatic heterocycles. The van der Waals surface area contributed by atoms with Crippen molar-refractivity contribution in [1.82, 2.24) is 0 Å². The molecule has 0 saturated carbocycles. The summed E-state index contributed by atoms with van der Waals surface area (Å²) in [6, 6.07) is 0. The van der Waals surface area contributed by atoms with Gasteiger partial charge in [-0.05, 0) is 0 Å². The van der Waals surface area contributed by atoms with E-state index >= 15 is 0 Å². The van der Waals surface area contributed by atoms with Crippen molar-refractivity contribution in [2.45, 2.75) is 0 Å². The van der Waals surface area contributed by atoms with Gasteiger partial charge in [0.15, 0.2) is 0 Å². The molecule has 0 aromatic carbocycles. The summed E-state index contributed by atoms with van der Waals surface area (Å²) in [4.78, 5) is 0. The predicted octanol–water partition coefficient (Wildman–Crippen LogP) is 0.978. The minimum Gasteiger partial charge on any atom is -0.813 e. The van der Waals surface area contributed by atoms with Crippen molar-refractivity contribution in [1.29, 1.82) is 0 Å². The van der Waals surface area contributed by atoms with Crippen LogP contribution < -0.4 is 0 Å². The van der Waals surface area contributed by atoms with Gasteiger partial charge in [0.05, 0.1) is 0 Å². The maximum Gasteiger partial charge on any atom is 0 e. The molecule has 11 heavy (non-hydrogen) atoms. The van der Waals surface area contributed by atoms with Gasteiger partial charge in [0.1, 0.15) is 0 Å². The van der Waals surface area contributed by atoms with Gasteiger partial charge in [-0.1, -0.05) is 0 Å². The van der Waals surface area contributed by atoms with Gasteiger partial charge in [-0.25, -0.2) is 0 Å². The molecular formula is H4Cl3Cu3S4W-4. The Balaban J connectivity index is -0.00000000167. The molecule has 0 heterocycles. The van der Waals surface area contributed by atoms with Gasteiger partial charge < -0.3 is 54.0 Å². The summed E-state index contributed by atoms with van der Waals surface area (Å²) in [6.07, 6.45) is 0. The van der Waals surface area contributed by atoms with Crippen LogP contribution in [0.25, 0.3) is 0 Å². The topological polar surface area (TPSA) is 0 Å². The average Bonchev–Trinajstić information content (AvgIpc) is 1.81. The third kappa shape index (κ3) is 111. The Kier molecular flexibility index (Phi) is 684. The molecule has 0 N–H and O–H groups in total. The van der Waals surface area contributed by atoms with Crippen LogP contribution in [0.5, 0.6) is 0 Å². The van der Waals surface area contributed by atoms with Gasteiger partial charge in [-0.3, -0.25) is 0 Å². The molecule has 0 unspecified atom stereocenters. The maximum absolute atomic E-state index is 4.20. The Hall–Kier alpha value is 4.52. The first-order valence-corrected chi connectivity index (χ1v) is 4.23. The van der Waals surface area contributed by atoms with Gasteiger partial charge in [-0.2, -0.15) is 0 Å². The summed E-state index contributed by atoms with van der Waals surface area (Å²) in [5, 5.41) is 0. The monoisotopic (exact) mass is 610 g/mol. The predicted molar refractivity (Wildman–Crippen MR) is 52.6 cm³/mol. The van der Waals surface area contributed by atoms with Gasteiger partial charge in [0.2, 0.25) is 0 Å². The molecule has 0 aliphatic carbocycles. The minimum atomic E-state index is 0. The molecule has 0 fully saturated rings. The van der Waals surface area contributed by atoms with Gasteiger partial charge in [0, 0.05) is 21.1 Å². The van der Waals surface area contributed by atoms with Crippen molar-refractivity contribution in [3.63, 3.8) is 0 Å². The molecule has 0 bridgehead atoms. The molecule has 0 nitrogen and oxygen atoms in total. The fourth-order valence-corrected chi connectivity index (χ4v) is 0. The van der Waals surface area contributed by atoms with E-state index in [1.807, 2.05) is 0 Å². The molecule has 0 atom stereocenters. The van der Waals surface area contributed by atoms with Crippen molar-refractivity contribution >= 4 is 84.3 Å². The Morgan fingerprint density at radius 2 is 0.455 bits per heavy atom. The van der Waals surface area contributed by atoms with E-state index < -0.39 is 0 Å². The zero-order chi connectivity index (χ0) is 6.00.